The first-order valence-electron chi connectivity index (χ1n) is 8.71. The van der Waals surface area contributed by atoms with Crippen molar-refractivity contribution in [3.05, 3.63) is 70.9 Å². The topological polar surface area (TPSA) is 37.4 Å². The normalized spacial score (nSPS) is 14.5. The SMILES string of the molecule is CCCCCN1C(=O)C(Sc2ccccc2)=C(c2ccc(F)cc2)C1=O. The van der Waals surface area contributed by atoms with Crippen LogP contribution in [0.1, 0.15) is 31.7 Å². The maximum atomic E-state index is 13.3. The van der Waals surface area contributed by atoms with Crippen LogP contribution in [0.3, 0.4) is 0 Å². The first-order chi connectivity index (χ1) is 12.6. The number of carbonyl (C=O) groups excluding carboxylic acids is 2. The van der Waals surface area contributed by atoms with E-state index in [1.165, 1.54) is 28.8 Å². The highest BCUT2D eigenvalue weighted by Gasteiger charge is 2.38. The summed E-state index contributed by atoms with van der Waals surface area (Å²) in [4.78, 5) is 28.5. The molecule has 2 aromatic carbocycles. The van der Waals surface area contributed by atoms with Crippen LogP contribution in [0, 0.1) is 5.82 Å². The summed E-state index contributed by atoms with van der Waals surface area (Å²) in [5.74, 6) is -0.932. The molecule has 2 aromatic rings. The molecule has 134 valence electrons. The molecule has 0 fully saturated rings. The van der Waals surface area contributed by atoms with Gasteiger partial charge in [0, 0.05) is 11.4 Å². The highest BCUT2D eigenvalue weighted by atomic mass is 32.2. The van der Waals surface area contributed by atoms with E-state index in [-0.39, 0.29) is 17.6 Å². The van der Waals surface area contributed by atoms with Crippen molar-refractivity contribution < 1.29 is 14.0 Å². The zero-order valence-electron chi connectivity index (χ0n) is 14.6. The minimum absolute atomic E-state index is 0.265. The van der Waals surface area contributed by atoms with E-state index in [0.29, 0.717) is 22.6 Å². The van der Waals surface area contributed by atoms with Crippen LogP contribution >= 0.6 is 11.8 Å². The number of halogens is 1. The zero-order valence-corrected chi connectivity index (χ0v) is 15.4. The molecule has 0 N–H and O–H groups in total. The van der Waals surface area contributed by atoms with Crippen molar-refractivity contribution in [1.82, 2.24) is 4.90 Å². The van der Waals surface area contributed by atoms with E-state index in [9.17, 15) is 14.0 Å². The van der Waals surface area contributed by atoms with E-state index >= 15 is 0 Å². The van der Waals surface area contributed by atoms with Crippen molar-refractivity contribution in [3.8, 4) is 0 Å². The van der Waals surface area contributed by atoms with Gasteiger partial charge in [0.05, 0.1) is 10.5 Å². The Hall–Kier alpha value is -2.40. The summed E-state index contributed by atoms with van der Waals surface area (Å²) in [5.41, 5.74) is 0.932. The van der Waals surface area contributed by atoms with Gasteiger partial charge in [0.1, 0.15) is 5.82 Å². The number of imide groups is 1. The van der Waals surface area contributed by atoms with E-state index in [1.54, 1.807) is 12.1 Å². The molecule has 2 amide bonds. The summed E-state index contributed by atoms with van der Waals surface area (Å²) in [7, 11) is 0. The Morgan fingerprint density at radius 3 is 2.27 bits per heavy atom. The van der Waals surface area contributed by atoms with Gasteiger partial charge in [-0.3, -0.25) is 14.5 Å². The minimum atomic E-state index is -0.372. The number of hydrogen-bond donors (Lipinski definition) is 0. The summed E-state index contributed by atoms with van der Waals surface area (Å²) < 4.78 is 13.3. The van der Waals surface area contributed by atoms with Gasteiger partial charge >= 0.3 is 0 Å². The van der Waals surface area contributed by atoms with Gasteiger partial charge in [-0.1, -0.05) is 61.9 Å². The third-order valence-electron chi connectivity index (χ3n) is 4.21. The van der Waals surface area contributed by atoms with Crippen molar-refractivity contribution in [2.24, 2.45) is 0 Å². The molecule has 0 spiro atoms. The Bertz CT molecular complexity index is 831. The van der Waals surface area contributed by atoms with Crippen molar-refractivity contribution in [2.45, 2.75) is 31.1 Å². The van der Waals surface area contributed by atoms with E-state index in [1.807, 2.05) is 30.3 Å². The Morgan fingerprint density at radius 1 is 0.923 bits per heavy atom. The molecule has 0 unspecified atom stereocenters. The van der Waals surface area contributed by atoms with Gasteiger partial charge < -0.3 is 0 Å². The second-order valence-electron chi connectivity index (χ2n) is 6.10. The second kappa shape index (κ2) is 8.32. The smallest absolute Gasteiger partial charge is 0.268 e. The van der Waals surface area contributed by atoms with E-state index in [0.717, 1.165) is 24.2 Å². The third kappa shape index (κ3) is 3.88. The molecule has 0 aromatic heterocycles. The van der Waals surface area contributed by atoms with Gasteiger partial charge in [-0.2, -0.15) is 0 Å². The highest BCUT2D eigenvalue weighted by Crippen LogP contribution is 2.39. The Labute approximate surface area is 156 Å². The van der Waals surface area contributed by atoms with E-state index in [4.69, 9.17) is 0 Å². The molecule has 0 radical (unpaired) electrons. The van der Waals surface area contributed by atoms with Gasteiger partial charge in [0.25, 0.3) is 11.8 Å². The number of unbranched alkanes of at least 4 members (excludes halogenated alkanes) is 2. The van der Waals surface area contributed by atoms with Gasteiger partial charge in [-0.25, -0.2) is 4.39 Å². The summed E-state index contributed by atoms with van der Waals surface area (Å²) in [5, 5.41) is 0. The zero-order chi connectivity index (χ0) is 18.5. The number of hydrogen-bond acceptors (Lipinski definition) is 3. The van der Waals surface area contributed by atoms with Crippen LogP contribution < -0.4 is 0 Å². The number of nitrogens with zero attached hydrogens (tertiary/aromatic N) is 1. The summed E-state index contributed by atoms with van der Waals surface area (Å²) in [6.45, 7) is 2.49. The van der Waals surface area contributed by atoms with Crippen molar-refractivity contribution >= 4 is 29.1 Å². The van der Waals surface area contributed by atoms with E-state index in [2.05, 4.69) is 6.92 Å². The van der Waals surface area contributed by atoms with Crippen LogP contribution in [0.4, 0.5) is 4.39 Å². The van der Waals surface area contributed by atoms with Crippen LogP contribution in [0.2, 0.25) is 0 Å². The molecule has 0 aliphatic carbocycles. The van der Waals surface area contributed by atoms with Gasteiger partial charge in [0.2, 0.25) is 0 Å². The lowest BCUT2D eigenvalue weighted by Gasteiger charge is -2.14. The number of amides is 2. The van der Waals surface area contributed by atoms with Crippen LogP contribution in [0.25, 0.3) is 5.57 Å². The first kappa shape index (κ1) is 18.4. The maximum absolute atomic E-state index is 13.3. The predicted molar refractivity (Wildman–Crippen MR) is 102 cm³/mol. The standard InChI is InChI=1S/C21H20FNO2S/c1-2-3-7-14-23-20(24)18(15-10-12-16(22)13-11-15)19(21(23)25)26-17-8-5-4-6-9-17/h4-6,8-13H,2-3,7,14H2,1H3. The van der Waals surface area contributed by atoms with Crippen molar-refractivity contribution in [1.29, 1.82) is 0 Å². The molecule has 0 saturated heterocycles. The fourth-order valence-corrected chi connectivity index (χ4v) is 3.88. The summed E-state index contributed by atoms with van der Waals surface area (Å²) in [6.07, 6.45) is 2.76. The van der Waals surface area contributed by atoms with Crippen LogP contribution in [-0.2, 0) is 9.59 Å². The number of benzene rings is 2. The van der Waals surface area contributed by atoms with Gasteiger partial charge in [-0.05, 0) is 36.2 Å². The summed E-state index contributed by atoms with van der Waals surface area (Å²) in [6, 6.07) is 15.2. The largest absolute Gasteiger partial charge is 0.274 e. The average molecular weight is 369 g/mol. The van der Waals surface area contributed by atoms with Crippen LogP contribution in [0.5, 0.6) is 0 Å². The maximum Gasteiger partial charge on any atom is 0.268 e. The first-order valence-corrected chi connectivity index (χ1v) is 9.52. The minimum Gasteiger partial charge on any atom is -0.274 e. The van der Waals surface area contributed by atoms with Gasteiger partial charge in [0.15, 0.2) is 0 Å². The molecular weight excluding hydrogens is 349 g/mol. The molecule has 26 heavy (non-hydrogen) atoms. The molecule has 1 heterocycles. The molecule has 0 bridgehead atoms. The molecule has 5 heteroatoms. The Morgan fingerprint density at radius 2 is 1.62 bits per heavy atom. The molecular formula is C21H20FNO2S. The monoisotopic (exact) mass is 369 g/mol. The third-order valence-corrected chi connectivity index (χ3v) is 5.30. The second-order valence-corrected chi connectivity index (χ2v) is 7.18. The molecule has 1 aliphatic rings. The number of carbonyl (C=O) groups is 2. The Kier molecular flexibility index (Phi) is 5.89. The highest BCUT2D eigenvalue weighted by molar-refractivity contribution is 8.04. The van der Waals surface area contributed by atoms with Crippen molar-refractivity contribution in [2.75, 3.05) is 6.54 Å². The lowest BCUT2D eigenvalue weighted by atomic mass is 10.1. The number of thioether (sulfide) groups is 1. The van der Waals surface area contributed by atoms with Crippen molar-refractivity contribution in [3.63, 3.8) is 0 Å². The predicted octanol–water partition coefficient (Wildman–Crippen LogP) is 4.89. The number of rotatable bonds is 7. The average Bonchev–Trinajstić information content (AvgIpc) is 2.88. The fraction of sp³-hybridized carbons (Fsp3) is 0.238. The van der Waals surface area contributed by atoms with Crippen LogP contribution in [-0.4, -0.2) is 23.3 Å². The fourth-order valence-electron chi connectivity index (χ4n) is 2.85. The molecule has 0 atom stereocenters. The van der Waals surface area contributed by atoms with Crippen LogP contribution in [0.15, 0.2) is 64.4 Å². The Balaban J connectivity index is 1.97. The molecule has 3 rings (SSSR count). The summed E-state index contributed by atoms with van der Waals surface area (Å²) >= 11 is 1.29. The molecule has 1 aliphatic heterocycles. The lowest BCUT2D eigenvalue weighted by Crippen LogP contribution is -2.32. The molecule has 3 nitrogen and oxygen atoms in total. The van der Waals surface area contributed by atoms with Gasteiger partial charge in [-0.15, -0.1) is 0 Å². The lowest BCUT2D eigenvalue weighted by molar-refractivity contribution is -0.136. The van der Waals surface area contributed by atoms with E-state index < -0.39 is 0 Å². The molecule has 0 saturated carbocycles. The quantitative estimate of drug-likeness (QED) is 0.515.